The van der Waals surface area contributed by atoms with E-state index in [1.165, 1.54) is 39.9 Å². The van der Waals surface area contributed by atoms with E-state index in [1.54, 1.807) is 6.07 Å². The lowest BCUT2D eigenvalue weighted by atomic mass is 10.2. The maximum absolute atomic E-state index is 13.3. The van der Waals surface area contributed by atoms with Gasteiger partial charge in [0.1, 0.15) is 5.52 Å². The Labute approximate surface area is 201 Å². The van der Waals surface area contributed by atoms with Gasteiger partial charge in [0.15, 0.2) is 5.13 Å². The summed E-state index contributed by atoms with van der Waals surface area (Å²) in [7, 11) is -3.75. The molecule has 33 heavy (non-hydrogen) atoms. The van der Waals surface area contributed by atoms with E-state index in [0.717, 1.165) is 10.3 Å². The minimum absolute atomic E-state index is 0.135. The van der Waals surface area contributed by atoms with E-state index >= 15 is 0 Å². The number of hydrogen-bond acceptors (Lipinski definition) is 5. The van der Waals surface area contributed by atoms with Crippen LogP contribution in [0.4, 0.5) is 5.13 Å². The van der Waals surface area contributed by atoms with Gasteiger partial charge in [-0.3, -0.25) is 10.1 Å². The number of rotatable bonds is 7. The summed E-state index contributed by atoms with van der Waals surface area (Å²) in [5.74, 6) is -0.376. The smallest absolute Gasteiger partial charge is 0.257 e. The van der Waals surface area contributed by atoms with E-state index in [2.05, 4.69) is 10.3 Å². The first-order valence-corrected chi connectivity index (χ1v) is 12.9. The van der Waals surface area contributed by atoms with Crippen molar-refractivity contribution in [3.63, 3.8) is 0 Å². The number of amides is 1. The van der Waals surface area contributed by atoms with Crippen molar-refractivity contribution in [3.8, 4) is 0 Å². The molecule has 0 saturated heterocycles. The summed E-state index contributed by atoms with van der Waals surface area (Å²) in [6.07, 6.45) is 0. The molecule has 0 aliphatic heterocycles. The molecule has 0 saturated carbocycles. The second-order valence-electron chi connectivity index (χ2n) is 7.71. The molecule has 4 aromatic rings. The first kappa shape index (κ1) is 23.4. The van der Waals surface area contributed by atoms with Crippen molar-refractivity contribution in [2.24, 2.45) is 0 Å². The van der Waals surface area contributed by atoms with Crippen LogP contribution in [0.15, 0.2) is 77.7 Å². The fraction of sp³-hybridized carbons (Fsp3) is 0.167. The number of para-hydroxylation sites is 1. The number of hydrogen-bond donors (Lipinski definition) is 1. The van der Waals surface area contributed by atoms with Crippen LogP contribution in [0.1, 0.15) is 29.8 Å². The molecule has 0 spiro atoms. The maximum Gasteiger partial charge on any atom is 0.257 e. The summed E-state index contributed by atoms with van der Waals surface area (Å²) >= 11 is 7.47. The first-order valence-electron chi connectivity index (χ1n) is 10.3. The van der Waals surface area contributed by atoms with Crippen molar-refractivity contribution >= 4 is 54.2 Å². The summed E-state index contributed by atoms with van der Waals surface area (Å²) in [5.41, 5.74) is 1.87. The van der Waals surface area contributed by atoms with Crippen LogP contribution in [0.3, 0.4) is 0 Å². The number of thiazole rings is 1. The number of aromatic nitrogens is 1. The van der Waals surface area contributed by atoms with Gasteiger partial charge in [-0.2, -0.15) is 4.31 Å². The summed E-state index contributed by atoms with van der Waals surface area (Å²) in [6, 6.07) is 20.6. The van der Waals surface area contributed by atoms with E-state index in [1.807, 2.05) is 56.3 Å². The van der Waals surface area contributed by atoms with Crippen LogP contribution >= 0.6 is 22.9 Å². The quantitative estimate of drug-likeness (QED) is 0.348. The monoisotopic (exact) mass is 499 g/mol. The highest BCUT2D eigenvalue weighted by molar-refractivity contribution is 7.89. The third-order valence-corrected chi connectivity index (χ3v) is 8.35. The summed E-state index contributed by atoms with van der Waals surface area (Å²) < 4.78 is 28.9. The largest absolute Gasteiger partial charge is 0.298 e. The van der Waals surface area contributed by atoms with Gasteiger partial charge >= 0.3 is 0 Å². The number of nitrogens with one attached hydrogen (secondary N) is 1. The van der Waals surface area contributed by atoms with Crippen LogP contribution in [0, 0.1) is 0 Å². The van der Waals surface area contributed by atoms with E-state index in [9.17, 15) is 13.2 Å². The van der Waals surface area contributed by atoms with Crippen LogP contribution in [-0.4, -0.2) is 29.7 Å². The lowest BCUT2D eigenvalue weighted by molar-refractivity contribution is 0.102. The van der Waals surface area contributed by atoms with Crippen LogP contribution < -0.4 is 5.32 Å². The van der Waals surface area contributed by atoms with Crippen LogP contribution in [0.5, 0.6) is 0 Å². The Morgan fingerprint density at radius 3 is 2.36 bits per heavy atom. The highest BCUT2D eigenvalue weighted by atomic mass is 35.5. The number of halogens is 1. The maximum atomic E-state index is 13.3. The van der Waals surface area contributed by atoms with Crippen LogP contribution in [0.2, 0.25) is 5.02 Å². The van der Waals surface area contributed by atoms with Gasteiger partial charge in [-0.15, -0.1) is 0 Å². The van der Waals surface area contributed by atoms with Crippen molar-refractivity contribution < 1.29 is 13.2 Å². The fourth-order valence-corrected chi connectivity index (χ4v) is 6.15. The van der Waals surface area contributed by atoms with E-state index in [4.69, 9.17) is 11.6 Å². The van der Waals surface area contributed by atoms with Gasteiger partial charge in [-0.1, -0.05) is 59.3 Å². The third kappa shape index (κ3) is 5.09. The zero-order chi connectivity index (χ0) is 23.6. The van der Waals surface area contributed by atoms with Gasteiger partial charge in [0.25, 0.3) is 5.91 Å². The molecule has 1 aromatic heterocycles. The Hall–Kier alpha value is -2.78. The third-order valence-electron chi connectivity index (χ3n) is 5.07. The van der Waals surface area contributed by atoms with Gasteiger partial charge in [-0.25, -0.2) is 13.4 Å². The molecule has 0 bridgehead atoms. The van der Waals surface area contributed by atoms with Crippen molar-refractivity contribution in [1.29, 1.82) is 0 Å². The lowest BCUT2D eigenvalue weighted by Gasteiger charge is -2.26. The molecular formula is C24H22ClN3O3S2. The molecule has 170 valence electrons. The zero-order valence-electron chi connectivity index (χ0n) is 18.0. The summed E-state index contributed by atoms with van der Waals surface area (Å²) in [6.45, 7) is 3.95. The lowest BCUT2D eigenvalue weighted by Crippen LogP contribution is -2.36. The minimum Gasteiger partial charge on any atom is -0.298 e. The molecule has 0 radical (unpaired) electrons. The second kappa shape index (κ2) is 9.61. The highest BCUT2D eigenvalue weighted by Gasteiger charge is 2.27. The molecule has 1 heterocycles. The molecule has 1 N–H and O–H groups in total. The average molecular weight is 500 g/mol. The molecule has 0 aliphatic rings. The van der Waals surface area contributed by atoms with E-state index in [-0.39, 0.29) is 23.4 Å². The molecule has 9 heteroatoms. The fourth-order valence-electron chi connectivity index (χ4n) is 3.36. The molecule has 0 aliphatic carbocycles. The Kier molecular flexibility index (Phi) is 6.81. The van der Waals surface area contributed by atoms with Crippen molar-refractivity contribution in [3.05, 3.63) is 88.9 Å². The standard InChI is InChI=1S/C24H22ClN3O3S2/c1-16(2)28(15-17-7-4-3-5-8-17)33(30,31)19-13-11-18(12-14-19)23(29)27-24-26-22-20(25)9-6-10-21(22)32-24/h3-14,16H,15H2,1-2H3,(H,26,27,29). The Balaban J connectivity index is 1.53. The predicted octanol–water partition coefficient (Wildman–Crippen LogP) is 5.80. The van der Waals surface area contributed by atoms with E-state index in [0.29, 0.717) is 21.2 Å². The molecular weight excluding hydrogens is 478 g/mol. The van der Waals surface area contributed by atoms with Gasteiger partial charge in [0.05, 0.1) is 14.6 Å². The molecule has 6 nitrogen and oxygen atoms in total. The molecule has 0 fully saturated rings. The first-order chi connectivity index (χ1) is 15.8. The number of benzene rings is 3. The molecule has 0 unspecified atom stereocenters. The average Bonchev–Trinajstić information content (AvgIpc) is 3.22. The highest BCUT2D eigenvalue weighted by Crippen LogP contribution is 2.31. The summed E-state index contributed by atoms with van der Waals surface area (Å²) in [4.78, 5) is 17.2. The van der Waals surface area contributed by atoms with Gasteiger partial charge in [-0.05, 0) is 55.8 Å². The Bertz CT molecular complexity index is 1390. The summed E-state index contributed by atoms with van der Waals surface area (Å²) in [5, 5.41) is 3.70. The molecule has 4 rings (SSSR count). The normalized spacial score (nSPS) is 11.9. The zero-order valence-corrected chi connectivity index (χ0v) is 20.4. The van der Waals surface area contributed by atoms with Gasteiger partial charge in [0, 0.05) is 18.2 Å². The number of nitrogens with zero attached hydrogens (tertiary/aromatic N) is 2. The van der Waals surface area contributed by atoms with Gasteiger partial charge < -0.3 is 0 Å². The number of sulfonamides is 1. The Morgan fingerprint density at radius 2 is 1.73 bits per heavy atom. The topological polar surface area (TPSA) is 79.4 Å². The molecule has 0 atom stereocenters. The molecule has 1 amide bonds. The minimum atomic E-state index is -3.75. The van der Waals surface area contributed by atoms with Crippen LogP contribution in [-0.2, 0) is 16.6 Å². The Morgan fingerprint density at radius 1 is 1.03 bits per heavy atom. The van der Waals surface area contributed by atoms with Crippen molar-refractivity contribution in [1.82, 2.24) is 9.29 Å². The van der Waals surface area contributed by atoms with Crippen molar-refractivity contribution in [2.45, 2.75) is 31.3 Å². The number of carbonyl (C=O) groups is 1. The van der Waals surface area contributed by atoms with Gasteiger partial charge in [0.2, 0.25) is 10.0 Å². The number of anilines is 1. The van der Waals surface area contributed by atoms with E-state index < -0.39 is 10.0 Å². The predicted molar refractivity (Wildman–Crippen MR) is 133 cm³/mol. The second-order valence-corrected chi connectivity index (χ2v) is 11.0. The SMILES string of the molecule is CC(C)N(Cc1ccccc1)S(=O)(=O)c1ccc(C(=O)Nc2nc3c(Cl)cccc3s2)cc1. The van der Waals surface area contributed by atoms with Crippen LogP contribution in [0.25, 0.3) is 10.2 Å². The van der Waals surface area contributed by atoms with Crippen molar-refractivity contribution in [2.75, 3.05) is 5.32 Å². The number of carbonyl (C=O) groups excluding carboxylic acids is 1. The molecule has 3 aromatic carbocycles. The number of fused-ring (bicyclic) bond motifs is 1.